The molecule has 0 aliphatic rings. The molecule has 0 radical (unpaired) electrons. The molecule has 0 aromatic heterocycles. The Bertz CT molecular complexity index is 3570. The highest BCUT2D eigenvalue weighted by molar-refractivity contribution is 7.00. The lowest BCUT2D eigenvalue weighted by molar-refractivity contribution is -0.117. The summed E-state index contributed by atoms with van der Waals surface area (Å²) in [6, 6.07) is 77.6. The van der Waals surface area contributed by atoms with Gasteiger partial charge in [-0.3, -0.25) is 9.59 Å². The fraction of sp³-hybridized carbons (Fsp3) is 0.152. The van der Waals surface area contributed by atoms with Gasteiger partial charge in [0.05, 0.1) is 13.1 Å². The molecule has 0 heterocycles. The monoisotopic (exact) mass is 1070 g/mol. The molecular formula is C66H69N5O5Si2. The fourth-order valence-corrected chi connectivity index (χ4v) is 19.2. The number of hydrogen-bond acceptors (Lipinski definition) is 8. The van der Waals surface area contributed by atoms with Crippen LogP contribution in [0.1, 0.15) is 41.5 Å². The zero-order valence-corrected chi connectivity index (χ0v) is 47.2. The highest BCUT2D eigenvalue weighted by Crippen LogP contribution is 2.42. The van der Waals surface area contributed by atoms with Crippen molar-refractivity contribution in [1.82, 2.24) is 0 Å². The predicted molar refractivity (Wildman–Crippen MR) is 330 cm³/mol. The van der Waals surface area contributed by atoms with Crippen LogP contribution in [-0.4, -0.2) is 46.6 Å². The summed E-state index contributed by atoms with van der Waals surface area (Å²) in [7, 11) is -5.42. The molecular weight excluding hydrogens is 999 g/mol. The maximum Gasteiger partial charge on any atom is 0.319 e. The van der Waals surface area contributed by atoms with Gasteiger partial charge in [0.25, 0.3) is 0 Å². The quantitative estimate of drug-likeness (QED) is 0.0461. The molecule has 2 amide bonds. The molecule has 0 bridgehead atoms. The third kappa shape index (κ3) is 11.9. The van der Waals surface area contributed by atoms with Crippen molar-refractivity contribution in [2.45, 2.75) is 51.6 Å². The van der Waals surface area contributed by atoms with E-state index < -0.39 is 28.4 Å². The zero-order valence-electron chi connectivity index (χ0n) is 45.2. The van der Waals surface area contributed by atoms with Crippen molar-refractivity contribution in [3.05, 3.63) is 231 Å². The van der Waals surface area contributed by atoms with Crippen LogP contribution in [0.5, 0.6) is 17.2 Å². The van der Waals surface area contributed by atoms with E-state index in [4.69, 9.17) is 26.1 Å². The van der Waals surface area contributed by atoms with E-state index in [1.807, 2.05) is 84.9 Å². The standard InChI is InChI=1S/C28H30N2O2Si.C26H27NOSi.C12H12N2O2/c1-28(2,3)33(21-12-6-4-7-13-21,22-14-8-5-9-15-22)32-26-19-11-16-23-24(26)17-10-18-25(23)30-20-27(29)31;1-26(2,3)29(20-12-6-4-7-13-20,21-14-8-5-9-15-21)28-25-19-11-16-22-23(25)17-10-18-24(22)27;13-12(16)7-14-10-5-1-4-9-8(10)3-2-6-11(9)15/h4-19,30H,20H2,1-3H3,(H2,29,31);4-19H,27H2,1-3H3;1-6,14-15H,7H2,(H2,13,16). The molecule has 0 saturated carbocycles. The van der Waals surface area contributed by atoms with Gasteiger partial charge in [0, 0.05) is 49.4 Å². The Balaban J connectivity index is 0.000000163. The van der Waals surface area contributed by atoms with E-state index in [1.165, 1.54) is 20.7 Å². The van der Waals surface area contributed by atoms with Gasteiger partial charge in [0.2, 0.25) is 11.8 Å². The van der Waals surface area contributed by atoms with Crippen LogP contribution >= 0.6 is 0 Å². The van der Waals surface area contributed by atoms with Gasteiger partial charge in [-0.25, -0.2) is 0 Å². The molecule has 0 aliphatic carbocycles. The molecule has 0 spiro atoms. The minimum Gasteiger partial charge on any atom is -0.534 e. The van der Waals surface area contributed by atoms with E-state index in [2.05, 4.69) is 186 Å². The highest BCUT2D eigenvalue weighted by atomic mass is 28.4. The number of carbonyl (C=O) groups excluding carboxylic acids is 2. The van der Waals surface area contributed by atoms with Crippen LogP contribution < -0.4 is 57.4 Å². The number of phenolic OH excluding ortho intramolecular Hbond substituents is 1. The van der Waals surface area contributed by atoms with Crippen molar-refractivity contribution in [3.63, 3.8) is 0 Å². The minimum atomic E-state index is -2.76. The number of anilines is 3. The number of primary amides is 2. The van der Waals surface area contributed by atoms with Gasteiger partial charge in [-0.15, -0.1) is 0 Å². The fourth-order valence-electron chi connectivity index (χ4n) is 10.4. The van der Waals surface area contributed by atoms with Gasteiger partial charge in [-0.1, -0.05) is 236 Å². The number of amides is 2. The van der Waals surface area contributed by atoms with E-state index >= 15 is 0 Å². The number of nitrogen functional groups attached to an aromatic ring is 1. The number of benzene rings is 10. The van der Waals surface area contributed by atoms with E-state index in [-0.39, 0.29) is 28.9 Å². The Morgan fingerprint density at radius 3 is 1.09 bits per heavy atom. The van der Waals surface area contributed by atoms with Crippen LogP contribution in [-0.2, 0) is 9.59 Å². The molecule has 10 rings (SSSR count). The molecule has 9 N–H and O–H groups in total. The number of aromatic hydroxyl groups is 1. The van der Waals surface area contributed by atoms with Crippen molar-refractivity contribution >= 4 is 98.6 Å². The Kier molecular flexibility index (Phi) is 17.0. The normalized spacial score (nSPS) is 11.6. The summed E-state index contributed by atoms with van der Waals surface area (Å²) in [4.78, 5) is 22.0. The van der Waals surface area contributed by atoms with Gasteiger partial charge < -0.3 is 41.8 Å². The topological polar surface area (TPSA) is 175 Å². The van der Waals surface area contributed by atoms with Crippen molar-refractivity contribution in [1.29, 1.82) is 0 Å². The predicted octanol–water partition coefficient (Wildman–Crippen LogP) is 11.5. The van der Waals surface area contributed by atoms with Gasteiger partial charge in [0.15, 0.2) is 0 Å². The number of nitrogens with two attached hydrogens (primary N) is 3. The number of nitrogens with one attached hydrogen (secondary N) is 2. The van der Waals surface area contributed by atoms with E-state index in [1.54, 1.807) is 12.1 Å². The first-order valence-electron chi connectivity index (χ1n) is 26.1. The third-order valence-electron chi connectivity index (χ3n) is 14.0. The van der Waals surface area contributed by atoms with Crippen LogP contribution in [0.2, 0.25) is 10.1 Å². The van der Waals surface area contributed by atoms with Crippen molar-refractivity contribution in [2.24, 2.45) is 11.5 Å². The Hall–Kier alpha value is -8.85. The zero-order chi connectivity index (χ0) is 55.5. The van der Waals surface area contributed by atoms with Crippen molar-refractivity contribution in [3.8, 4) is 17.2 Å². The molecule has 10 aromatic rings. The first-order valence-corrected chi connectivity index (χ1v) is 29.9. The molecule has 10 aromatic carbocycles. The molecule has 10 nitrogen and oxygen atoms in total. The van der Waals surface area contributed by atoms with E-state index in [0.29, 0.717) is 0 Å². The number of hydrogen-bond donors (Lipinski definition) is 6. The van der Waals surface area contributed by atoms with E-state index in [9.17, 15) is 14.7 Å². The second kappa shape index (κ2) is 24.0. The number of phenols is 1. The lowest BCUT2D eigenvalue weighted by atomic mass is 10.1. The number of rotatable bonds is 14. The van der Waals surface area contributed by atoms with Gasteiger partial charge >= 0.3 is 16.6 Å². The smallest absolute Gasteiger partial charge is 0.319 e. The summed E-state index contributed by atoms with van der Waals surface area (Å²) in [6.45, 7) is 13.8. The average molecular weight is 1070 g/mol. The summed E-state index contributed by atoms with van der Waals surface area (Å²) in [5, 5.41) is 26.2. The number of fused-ring (bicyclic) bond motifs is 3. The molecule has 0 fully saturated rings. The second-order valence-corrected chi connectivity index (χ2v) is 29.6. The van der Waals surface area contributed by atoms with Gasteiger partial charge in [0.1, 0.15) is 17.2 Å². The lowest BCUT2D eigenvalue weighted by Gasteiger charge is -2.43. The minimum absolute atomic E-state index is 0.0781. The first-order chi connectivity index (χ1) is 37.4. The van der Waals surface area contributed by atoms with Crippen LogP contribution in [0.3, 0.4) is 0 Å². The SMILES string of the molecule is CC(C)(C)[Si](Oc1cccc2c(N)cccc12)(c1ccccc1)c1ccccc1.CC(C)(C)[Si](Oc1cccc2c(NCC(N)=O)cccc12)(c1ccccc1)c1ccccc1.NC(=O)CNc1cccc2c(O)cccc12. The molecule has 0 aliphatic heterocycles. The maximum atomic E-state index is 11.3. The van der Waals surface area contributed by atoms with Gasteiger partial charge in [-0.2, -0.15) is 0 Å². The summed E-state index contributed by atoms with van der Waals surface area (Å²) in [5.41, 5.74) is 19.1. The summed E-state index contributed by atoms with van der Waals surface area (Å²) < 4.78 is 14.4. The molecule has 396 valence electrons. The Labute approximate surface area is 460 Å². The van der Waals surface area contributed by atoms with Crippen molar-refractivity contribution in [2.75, 3.05) is 29.5 Å². The molecule has 0 saturated heterocycles. The second-order valence-electron chi connectivity index (χ2n) is 21.2. The Morgan fingerprint density at radius 1 is 0.397 bits per heavy atom. The summed E-state index contributed by atoms with van der Waals surface area (Å²) in [6.07, 6.45) is 0. The number of carbonyl (C=O) groups is 2. The lowest BCUT2D eigenvalue weighted by Crippen LogP contribution is -2.68. The highest BCUT2D eigenvalue weighted by Gasteiger charge is 2.53. The molecule has 0 unspecified atom stereocenters. The van der Waals surface area contributed by atoms with Gasteiger partial charge in [-0.05, 0) is 67.2 Å². The maximum absolute atomic E-state index is 11.3. The van der Waals surface area contributed by atoms with Crippen molar-refractivity contribution < 1.29 is 23.5 Å². The first kappa shape index (κ1) is 55.4. The van der Waals surface area contributed by atoms with Crippen LogP contribution in [0.4, 0.5) is 17.1 Å². The molecule has 0 atom stereocenters. The third-order valence-corrected chi connectivity index (χ3v) is 23.8. The summed E-state index contributed by atoms with van der Waals surface area (Å²) >= 11 is 0. The summed E-state index contributed by atoms with van der Waals surface area (Å²) in [5.74, 6) is 1.14. The Morgan fingerprint density at radius 2 is 0.705 bits per heavy atom. The van der Waals surface area contributed by atoms with Crippen LogP contribution in [0.15, 0.2) is 231 Å². The van der Waals surface area contributed by atoms with E-state index in [0.717, 1.165) is 60.9 Å². The average Bonchev–Trinajstić information content (AvgIpc) is 3.64. The largest absolute Gasteiger partial charge is 0.534 e. The molecule has 12 heteroatoms. The molecule has 78 heavy (non-hydrogen) atoms. The van der Waals surface area contributed by atoms with Crippen LogP contribution in [0, 0.1) is 0 Å². The van der Waals surface area contributed by atoms with Crippen LogP contribution in [0.25, 0.3) is 32.3 Å².